The van der Waals surface area contributed by atoms with Crippen LogP contribution in [-0.4, -0.2) is 25.0 Å². The third-order valence-electron chi connectivity index (χ3n) is 7.15. The Morgan fingerprint density at radius 2 is 1.32 bits per heavy atom. The van der Waals surface area contributed by atoms with Gasteiger partial charge in [0, 0.05) is 30.9 Å². The van der Waals surface area contributed by atoms with Gasteiger partial charge < -0.3 is 15.4 Å². The van der Waals surface area contributed by atoms with Crippen LogP contribution in [0.1, 0.15) is 83.1 Å². The van der Waals surface area contributed by atoms with Crippen molar-refractivity contribution in [2.75, 3.05) is 23.3 Å². The van der Waals surface area contributed by atoms with E-state index < -0.39 is 0 Å². The van der Waals surface area contributed by atoms with Gasteiger partial charge >= 0.3 is 6.03 Å². The van der Waals surface area contributed by atoms with Crippen molar-refractivity contribution in [2.45, 2.75) is 84.5 Å². The molecule has 0 saturated heterocycles. The van der Waals surface area contributed by atoms with E-state index in [-0.39, 0.29) is 11.9 Å². The summed E-state index contributed by atoms with van der Waals surface area (Å²) in [6, 6.07) is 24.6. The Bertz CT molecular complexity index is 1160. The van der Waals surface area contributed by atoms with Gasteiger partial charge in [0.2, 0.25) is 5.91 Å². The SMILES string of the molecule is CCCCCCCCCCCC(=O)NCCCN(C(=O)Nc1ccccc1C)c1ccc(Oc2ccccc2)cc1. The summed E-state index contributed by atoms with van der Waals surface area (Å²) in [6.45, 7) is 5.21. The summed E-state index contributed by atoms with van der Waals surface area (Å²) in [4.78, 5) is 27.4. The second-order valence-electron chi connectivity index (χ2n) is 10.6. The second-order valence-corrected chi connectivity index (χ2v) is 10.6. The van der Waals surface area contributed by atoms with Gasteiger partial charge in [-0.3, -0.25) is 9.69 Å². The summed E-state index contributed by atoms with van der Waals surface area (Å²) in [5.74, 6) is 1.54. The maximum atomic E-state index is 13.4. The van der Waals surface area contributed by atoms with Crippen LogP contribution in [0.15, 0.2) is 78.9 Å². The summed E-state index contributed by atoms with van der Waals surface area (Å²) in [7, 11) is 0. The number of ether oxygens (including phenoxy) is 1. The maximum absolute atomic E-state index is 13.4. The number of urea groups is 1. The summed E-state index contributed by atoms with van der Waals surface area (Å²) < 4.78 is 5.92. The predicted molar refractivity (Wildman–Crippen MR) is 170 cm³/mol. The van der Waals surface area contributed by atoms with Crippen molar-refractivity contribution in [1.82, 2.24) is 5.32 Å². The number of amides is 3. The normalized spacial score (nSPS) is 10.7. The largest absolute Gasteiger partial charge is 0.457 e. The maximum Gasteiger partial charge on any atom is 0.326 e. The van der Waals surface area contributed by atoms with Crippen molar-refractivity contribution >= 4 is 23.3 Å². The van der Waals surface area contributed by atoms with Gasteiger partial charge in [-0.25, -0.2) is 4.79 Å². The van der Waals surface area contributed by atoms with E-state index in [0.29, 0.717) is 31.7 Å². The van der Waals surface area contributed by atoms with E-state index in [1.54, 1.807) is 4.90 Å². The number of aryl methyl sites for hydroxylation is 1. The fraction of sp³-hybridized carbons (Fsp3) is 0.429. The zero-order chi connectivity index (χ0) is 29.1. The van der Waals surface area contributed by atoms with Crippen molar-refractivity contribution in [1.29, 1.82) is 0 Å². The van der Waals surface area contributed by atoms with Crippen LogP contribution >= 0.6 is 0 Å². The third kappa shape index (κ3) is 12.1. The molecule has 0 aliphatic carbocycles. The average Bonchev–Trinajstić information content (AvgIpc) is 2.98. The molecule has 3 amide bonds. The van der Waals surface area contributed by atoms with E-state index >= 15 is 0 Å². The fourth-order valence-corrected chi connectivity index (χ4v) is 4.71. The van der Waals surface area contributed by atoms with Gasteiger partial charge in [-0.15, -0.1) is 0 Å². The molecule has 0 heterocycles. The molecule has 0 fully saturated rings. The Morgan fingerprint density at radius 1 is 0.707 bits per heavy atom. The minimum absolute atomic E-state index is 0.0891. The Labute approximate surface area is 246 Å². The van der Waals surface area contributed by atoms with Crippen molar-refractivity contribution in [3.63, 3.8) is 0 Å². The average molecular weight is 558 g/mol. The zero-order valence-corrected chi connectivity index (χ0v) is 24.9. The molecule has 0 bridgehead atoms. The second kappa shape index (κ2) is 18.5. The molecule has 3 rings (SSSR count). The smallest absolute Gasteiger partial charge is 0.326 e. The highest BCUT2D eigenvalue weighted by atomic mass is 16.5. The molecule has 0 aliphatic heterocycles. The van der Waals surface area contributed by atoms with E-state index in [1.807, 2.05) is 85.8 Å². The Morgan fingerprint density at radius 3 is 2.00 bits per heavy atom. The standard InChI is InChI=1S/C35H47N3O3/c1-3-4-5-6-7-8-9-10-14-22-34(39)36-27-17-28-38(35(40)37-33-21-16-15-18-29(33)2)30-23-25-32(26-24-30)41-31-19-12-11-13-20-31/h11-13,15-16,18-21,23-26H,3-10,14,17,22,27-28H2,1-2H3,(H,36,39)(H,37,40). The quantitative estimate of drug-likeness (QED) is 0.153. The minimum Gasteiger partial charge on any atom is -0.457 e. The number of unbranched alkanes of at least 4 members (excludes halogenated alkanes) is 8. The van der Waals surface area contributed by atoms with Gasteiger partial charge in [-0.1, -0.05) is 94.7 Å². The van der Waals surface area contributed by atoms with Gasteiger partial charge in [0.15, 0.2) is 0 Å². The van der Waals surface area contributed by atoms with Crippen LogP contribution in [0.5, 0.6) is 11.5 Å². The van der Waals surface area contributed by atoms with Gasteiger partial charge in [0.1, 0.15) is 11.5 Å². The van der Waals surface area contributed by atoms with E-state index in [9.17, 15) is 9.59 Å². The molecule has 3 aromatic carbocycles. The number of rotatable bonds is 18. The monoisotopic (exact) mass is 557 g/mol. The van der Waals surface area contributed by atoms with Crippen LogP contribution in [0.3, 0.4) is 0 Å². The summed E-state index contributed by atoms with van der Waals surface area (Å²) in [5.41, 5.74) is 2.54. The lowest BCUT2D eigenvalue weighted by molar-refractivity contribution is -0.121. The van der Waals surface area contributed by atoms with E-state index in [2.05, 4.69) is 17.6 Å². The first-order valence-corrected chi connectivity index (χ1v) is 15.3. The van der Waals surface area contributed by atoms with Gasteiger partial charge in [-0.05, 0) is 67.8 Å². The minimum atomic E-state index is -0.211. The molecule has 0 radical (unpaired) electrons. The number of benzene rings is 3. The van der Waals surface area contributed by atoms with E-state index in [1.165, 1.54) is 44.9 Å². The number of para-hydroxylation sites is 2. The Kier molecular flexibility index (Phi) is 14.3. The lowest BCUT2D eigenvalue weighted by Crippen LogP contribution is -2.37. The third-order valence-corrected chi connectivity index (χ3v) is 7.15. The number of anilines is 2. The number of nitrogens with one attached hydrogen (secondary N) is 2. The van der Waals surface area contributed by atoms with E-state index in [4.69, 9.17) is 4.74 Å². The molecule has 0 atom stereocenters. The Hall–Kier alpha value is -3.80. The molecule has 0 unspecified atom stereocenters. The van der Waals surface area contributed by atoms with Crippen LogP contribution in [0, 0.1) is 6.92 Å². The zero-order valence-electron chi connectivity index (χ0n) is 24.9. The number of hydrogen-bond donors (Lipinski definition) is 2. The van der Waals surface area contributed by atoms with Crippen LogP contribution in [0.2, 0.25) is 0 Å². The topological polar surface area (TPSA) is 70.7 Å². The first-order chi connectivity index (χ1) is 20.1. The van der Waals surface area contributed by atoms with Gasteiger partial charge in [0.25, 0.3) is 0 Å². The molecule has 2 N–H and O–H groups in total. The highest BCUT2D eigenvalue weighted by Gasteiger charge is 2.17. The molecular formula is C35H47N3O3. The molecule has 6 heteroatoms. The Balaban J connectivity index is 1.47. The number of carbonyl (C=O) groups is 2. The van der Waals surface area contributed by atoms with Crippen molar-refractivity contribution in [3.05, 3.63) is 84.4 Å². The van der Waals surface area contributed by atoms with Crippen molar-refractivity contribution in [3.8, 4) is 11.5 Å². The molecule has 0 spiro atoms. The van der Waals surface area contributed by atoms with Crippen LogP contribution in [0.4, 0.5) is 16.2 Å². The summed E-state index contributed by atoms with van der Waals surface area (Å²) in [5, 5.41) is 6.07. The molecule has 0 aliphatic rings. The first-order valence-electron chi connectivity index (χ1n) is 15.3. The summed E-state index contributed by atoms with van der Waals surface area (Å²) >= 11 is 0. The van der Waals surface area contributed by atoms with Gasteiger partial charge in [0.05, 0.1) is 0 Å². The first kappa shape index (κ1) is 31.7. The van der Waals surface area contributed by atoms with Gasteiger partial charge in [-0.2, -0.15) is 0 Å². The predicted octanol–water partition coefficient (Wildman–Crippen LogP) is 9.25. The molecule has 0 saturated carbocycles. The van der Waals surface area contributed by atoms with Crippen LogP contribution < -0.4 is 20.3 Å². The van der Waals surface area contributed by atoms with Crippen molar-refractivity contribution in [2.24, 2.45) is 0 Å². The highest BCUT2D eigenvalue weighted by Crippen LogP contribution is 2.25. The molecule has 0 aromatic heterocycles. The number of hydrogen-bond acceptors (Lipinski definition) is 3. The molecule has 41 heavy (non-hydrogen) atoms. The van der Waals surface area contributed by atoms with Crippen LogP contribution in [-0.2, 0) is 4.79 Å². The highest BCUT2D eigenvalue weighted by molar-refractivity contribution is 6.02. The summed E-state index contributed by atoms with van der Waals surface area (Å²) in [6.07, 6.45) is 12.3. The molecule has 3 aromatic rings. The lowest BCUT2D eigenvalue weighted by Gasteiger charge is -2.24. The van der Waals surface area contributed by atoms with Crippen LogP contribution in [0.25, 0.3) is 0 Å². The molecular weight excluding hydrogens is 510 g/mol. The van der Waals surface area contributed by atoms with Crippen molar-refractivity contribution < 1.29 is 14.3 Å². The molecule has 220 valence electrons. The molecule has 6 nitrogen and oxygen atoms in total. The van der Waals surface area contributed by atoms with E-state index in [0.717, 1.165) is 35.5 Å². The number of nitrogens with zero attached hydrogens (tertiary/aromatic N) is 1. The lowest BCUT2D eigenvalue weighted by atomic mass is 10.1. The fourth-order valence-electron chi connectivity index (χ4n) is 4.71. The number of carbonyl (C=O) groups excluding carboxylic acids is 2.